The number of fused-ring (bicyclic) bond motifs is 1. The SMILES string of the molecule is CSCC[C@H](NC(=O)CCCCCCCCCCCCCCC(=O)N[C@@H](CC(N)=O)C(=O)N[C@@H](Cc1cccc2ccccc12)C(=O)O)C(=O)N[C@@H](CC(C)C)C(=O)N[C@@H](Cc1ccccc1)C(N)=O. The molecule has 17 heteroatoms. The fraction of sp³-hybridized carbons (Fsp3) is 0.547. The first-order valence-corrected chi connectivity index (χ1v) is 26.3. The molecule has 5 atom stereocenters. The molecule has 384 valence electrons. The minimum atomic E-state index is -1.29. The van der Waals surface area contributed by atoms with Gasteiger partial charge in [0.2, 0.25) is 41.4 Å². The van der Waals surface area contributed by atoms with Crippen molar-refractivity contribution in [2.75, 3.05) is 12.0 Å². The summed E-state index contributed by atoms with van der Waals surface area (Å²) in [5.74, 6) is -4.37. The van der Waals surface area contributed by atoms with Crippen LogP contribution in [-0.4, -0.2) is 94.6 Å². The summed E-state index contributed by atoms with van der Waals surface area (Å²) < 4.78 is 0. The van der Waals surface area contributed by atoms with Crippen molar-refractivity contribution in [3.63, 3.8) is 0 Å². The first kappa shape index (κ1) is 58.3. The van der Waals surface area contributed by atoms with Gasteiger partial charge in [-0.3, -0.25) is 33.6 Å². The molecule has 0 unspecified atom stereocenters. The lowest BCUT2D eigenvalue weighted by Gasteiger charge is -2.26. The number of nitrogens with two attached hydrogens (primary N) is 2. The van der Waals surface area contributed by atoms with Crippen LogP contribution in [0, 0.1) is 5.92 Å². The van der Waals surface area contributed by atoms with Crippen LogP contribution in [-0.2, 0) is 51.2 Å². The Hall–Kier alpha value is -5.97. The van der Waals surface area contributed by atoms with Crippen LogP contribution in [0.25, 0.3) is 10.8 Å². The molecule has 0 radical (unpaired) electrons. The van der Waals surface area contributed by atoms with Gasteiger partial charge in [0.25, 0.3) is 0 Å². The Balaban J connectivity index is 1.28. The number of primary amides is 2. The first-order chi connectivity index (χ1) is 33.6. The van der Waals surface area contributed by atoms with E-state index in [1.807, 2.05) is 86.8 Å². The van der Waals surface area contributed by atoms with Crippen molar-refractivity contribution < 1.29 is 43.5 Å². The summed E-state index contributed by atoms with van der Waals surface area (Å²) in [5.41, 5.74) is 12.6. The fourth-order valence-corrected chi connectivity index (χ4v) is 8.74. The fourth-order valence-electron chi connectivity index (χ4n) is 8.27. The molecule has 3 rings (SSSR count). The van der Waals surface area contributed by atoms with Crippen LogP contribution < -0.4 is 38.1 Å². The Kier molecular flexibility index (Phi) is 27.3. The number of rotatable bonds is 36. The van der Waals surface area contributed by atoms with Crippen LogP contribution in [0.4, 0.5) is 0 Å². The Labute approximate surface area is 417 Å². The van der Waals surface area contributed by atoms with Crippen molar-refractivity contribution in [3.05, 3.63) is 83.9 Å². The second-order valence-electron chi connectivity index (χ2n) is 18.5. The average Bonchev–Trinajstić information content (AvgIpc) is 3.32. The van der Waals surface area contributed by atoms with E-state index >= 15 is 0 Å². The third-order valence-corrected chi connectivity index (χ3v) is 12.7. The molecular weight excluding hydrogens is 911 g/mol. The standard InChI is InChI=1S/C53H77N7O9S/c1-36(2)32-43(51(66)58-42(49(55)64)33-37-22-15-14-16-23-37)59-50(65)41(30-31-70-3)56-47(62)28-17-12-10-8-6-4-5-7-9-11-13-18-29-48(63)57-44(35-46(54)61)52(67)60-45(53(68)69)34-39-26-21-25-38-24-19-20-27-40(38)39/h14-16,19-27,36,41-45H,4-13,17-18,28-35H2,1-3H3,(H2,54,61)(H2,55,64)(H,56,62)(H,57,63)(H,58,66)(H,59,65)(H,60,67)(H,68,69)/t41-,42-,43-,44-,45-/m0/s1. The zero-order valence-electron chi connectivity index (χ0n) is 41.3. The van der Waals surface area contributed by atoms with Gasteiger partial charge in [-0.25, -0.2) is 4.79 Å². The summed E-state index contributed by atoms with van der Waals surface area (Å²) in [6.45, 7) is 3.87. The van der Waals surface area contributed by atoms with Gasteiger partial charge in [-0.1, -0.05) is 151 Å². The van der Waals surface area contributed by atoms with Crippen LogP contribution in [0.1, 0.15) is 134 Å². The first-order valence-electron chi connectivity index (χ1n) is 24.9. The van der Waals surface area contributed by atoms with E-state index in [9.17, 15) is 43.5 Å². The van der Waals surface area contributed by atoms with E-state index in [0.717, 1.165) is 86.1 Å². The van der Waals surface area contributed by atoms with E-state index in [0.29, 0.717) is 37.9 Å². The molecular formula is C53H77N7O9S. The normalized spacial score (nSPS) is 13.3. The van der Waals surface area contributed by atoms with E-state index in [1.54, 1.807) is 17.8 Å². The largest absolute Gasteiger partial charge is 0.480 e. The Morgan fingerprint density at radius 2 is 1.03 bits per heavy atom. The topological polar surface area (TPSA) is 269 Å². The summed E-state index contributed by atoms with van der Waals surface area (Å²) in [7, 11) is 0. The summed E-state index contributed by atoms with van der Waals surface area (Å²) in [4.78, 5) is 102. The molecule has 3 aromatic rings. The van der Waals surface area contributed by atoms with Gasteiger partial charge in [0, 0.05) is 25.7 Å². The van der Waals surface area contributed by atoms with E-state index in [4.69, 9.17) is 11.5 Å². The van der Waals surface area contributed by atoms with E-state index in [1.165, 1.54) is 0 Å². The van der Waals surface area contributed by atoms with Gasteiger partial charge < -0.3 is 43.2 Å². The number of thioether (sulfide) groups is 1. The summed E-state index contributed by atoms with van der Waals surface area (Å²) >= 11 is 1.56. The molecule has 0 heterocycles. The van der Waals surface area contributed by atoms with Crippen LogP contribution in [0.3, 0.4) is 0 Å². The molecule has 0 aromatic heterocycles. The number of carboxylic acid groups (broad SMARTS) is 1. The zero-order chi connectivity index (χ0) is 51.3. The molecule has 0 aliphatic rings. The number of aliphatic carboxylic acids is 1. The number of carboxylic acids is 1. The van der Waals surface area contributed by atoms with Crippen molar-refractivity contribution in [1.29, 1.82) is 0 Å². The van der Waals surface area contributed by atoms with Crippen LogP contribution in [0.5, 0.6) is 0 Å². The van der Waals surface area contributed by atoms with Crippen LogP contribution >= 0.6 is 11.8 Å². The van der Waals surface area contributed by atoms with Crippen LogP contribution in [0.2, 0.25) is 0 Å². The molecule has 0 fully saturated rings. The Bertz CT molecular complexity index is 2130. The summed E-state index contributed by atoms with van der Waals surface area (Å²) in [6.07, 6.45) is 14.3. The molecule has 70 heavy (non-hydrogen) atoms. The number of amides is 7. The van der Waals surface area contributed by atoms with Gasteiger partial charge in [0.1, 0.15) is 30.2 Å². The van der Waals surface area contributed by atoms with Gasteiger partial charge in [-0.2, -0.15) is 11.8 Å². The van der Waals surface area contributed by atoms with E-state index in [-0.39, 0.29) is 31.1 Å². The lowest BCUT2D eigenvalue weighted by Crippen LogP contribution is -2.57. The summed E-state index contributed by atoms with van der Waals surface area (Å²) in [6, 6.07) is 17.1. The number of unbranched alkanes of at least 4 members (excludes halogenated alkanes) is 11. The highest BCUT2D eigenvalue weighted by atomic mass is 32.2. The minimum absolute atomic E-state index is 0.0131. The third kappa shape index (κ3) is 23.1. The van der Waals surface area contributed by atoms with Gasteiger partial charge in [-0.15, -0.1) is 0 Å². The highest BCUT2D eigenvalue weighted by Crippen LogP contribution is 2.20. The number of carbonyl (C=O) groups excluding carboxylic acids is 7. The van der Waals surface area contributed by atoms with Gasteiger partial charge in [0.15, 0.2) is 0 Å². The highest BCUT2D eigenvalue weighted by Gasteiger charge is 2.31. The number of hydrogen-bond acceptors (Lipinski definition) is 9. The smallest absolute Gasteiger partial charge is 0.326 e. The van der Waals surface area contributed by atoms with Crippen molar-refractivity contribution in [3.8, 4) is 0 Å². The maximum absolute atomic E-state index is 13.5. The molecule has 0 spiro atoms. The highest BCUT2D eigenvalue weighted by molar-refractivity contribution is 7.98. The molecule has 10 N–H and O–H groups in total. The predicted molar refractivity (Wildman–Crippen MR) is 275 cm³/mol. The van der Waals surface area contributed by atoms with Crippen molar-refractivity contribution in [2.24, 2.45) is 17.4 Å². The number of carbonyl (C=O) groups is 8. The van der Waals surface area contributed by atoms with Gasteiger partial charge in [-0.05, 0) is 65.5 Å². The van der Waals surface area contributed by atoms with Crippen LogP contribution in [0.15, 0.2) is 72.8 Å². The average molecular weight is 988 g/mol. The van der Waals surface area contributed by atoms with Gasteiger partial charge in [0.05, 0.1) is 6.42 Å². The van der Waals surface area contributed by atoms with Crippen molar-refractivity contribution in [1.82, 2.24) is 26.6 Å². The Morgan fingerprint density at radius 3 is 1.57 bits per heavy atom. The van der Waals surface area contributed by atoms with E-state index in [2.05, 4.69) is 26.6 Å². The molecule has 7 amide bonds. The quantitative estimate of drug-likeness (QED) is 0.0327. The maximum atomic E-state index is 13.5. The monoisotopic (exact) mass is 988 g/mol. The number of benzene rings is 3. The molecule has 3 aromatic carbocycles. The van der Waals surface area contributed by atoms with Crippen molar-refractivity contribution >= 4 is 69.9 Å². The van der Waals surface area contributed by atoms with E-state index < -0.39 is 78.0 Å². The lowest BCUT2D eigenvalue weighted by atomic mass is 9.98. The molecule has 0 aliphatic carbocycles. The second kappa shape index (κ2) is 32.8. The molecule has 0 aliphatic heterocycles. The third-order valence-electron chi connectivity index (χ3n) is 12.1. The summed E-state index contributed by atoms with van der Waals surface area (Å²) in [5, 5.41) is 25.2. The lowest BCUT2D eigenvalue weighted by molar-refractivity contribution is -0.142. The predicted octanol–water partition coefficient (Wildman–Crippen LogP) is 5.75. The zero-order valence-corrected chi connectivity index (χ0v) is 42.1. The number of nitrogens with one attached hydrogen (secondary N) is 5. The number of hydrogen-bond donors (Lipinski definition) is 8. The molecule has 16 nitrogen and oxygen atoms in total. The molecule has 0 saturated heterocycles. The minimum Gasteiger partial charge on any atom is -0.480 e. The Morgan fingerprint density at radius 1 is 0.543 bits per heavy atom. The van der Waals surface area contributed by atoms with Crippen molar-refractivity contribution in [2.45, 2.75) is 166 Å². The van der Waals surface area contributed by atoms with Gasteiger partial charge >= 0.3 is 5.97 Å². The second-order valence-corrected chi connectivity index (χ2v) is 19.5. The molecule has 0 bridgehead atoms. The molecule has 0 saturated carbocycles. The maximum Gasteiger partial charge on any atom is 0.326 e.